The number of carbonyl (C=O) groups is 2. The second-order valence-electron chi connectivity index (χ2n) is 6.47. The van der Waals surface area contributed by atoms with Crippen LogP contribution in [-0.2, 0) is 22.6 Å². The molecule has 4 heteroatoms. The monoisotopic (exact) mass is 300 g/mol. The minimum Gasteiger partial charge on any atom is -0.345 e. The highest BCUT2D eigenvalue weighted by Crippen LogP contribution is 2.28. The van der Waals surface area contributed by atoms with Crippen LogP contribution in [0.4, 0.5) is 0 Å². The van der Waals surface area contributed by atoms with Crippen LogP contribution in [0.1, 0.15) is 36.8 Å². The molecule has 0 bridgehead atoms. The second-order valence-corrected chi connectivity index (χ2v) is 6.47. The number of fused-ring (bicyclic) bond motifs is 1. The van der Waals surface area contributed by atoms with E-state index < -0.39 is 0 Å². The van der Waals surface area contributed by atoms with E-state index in [0.717, 1.165) is 32.2 Å². The van der Waals surface area contributed by atoms with Gasteiger partial charge in [0.25, 0.3) is 0 Å². The molecule has 0 atom stereocenters. The van der Waals surface area contributed by atoms with Gasteiger partial charge in [-0.05, 0) is 30.4 Å². The lowest BCUT2D eigenvalue weighted by Gasteiger charge is -2.31. The number of nitrogens with zero attached hydrogens (tertiary/aromatic N) is 2. The molecule has 4 nitrogen and oxygen atoms in total. The topological polar surface area (TPSA) is 40.6 Å². The summed E-state index contributed by atoms with van der Waals surface area (Å²) < 4.78 is 0. The third kappa shape index (κ3) is 3.16. The van der Waals surface area contributed by atoms with Gasteiger partial charge >= 0.3 is 0 Å². The van der Waals surface area contributed by atoms with Crippen molar-refractivity contribution < 1.29 is 9.59 Å². The van der Waals surface area contributed by atoms with E-state index in [2.05, 4.69) is 18.2 Å². The standard InChI is InChI=1S/C18H24N2O2/c1-19(18(22)15-7-4-8-15)11-10-17(21)20-12-9-14-5-2-3-6-16(14)13-20/h2-3,5-6,15H,4,7-13H2,1H3. The quantitative estimate of drug-likeness (QED) is 0.855. The zero-order valence-electron chi connectivity index (χ0n) is 13.3. The summed E-state index contributed by atoms with van der Waals surface area (Å²) in [5.41, 5.74) is 2.60. The molecule has 1 aromatic carbocycles. The third-order valence-electron chi connectivity index (χ3n) is 4.98. The SMILES string of the molecule is CN(CCC(=O)N1CCc2ccccc2C1)C(=O)C1CCC1. The number of hydrogen-bond acceptors (Lipinski definition) is 2. The zero-order chi connectivity index (χ0) is 15.5. The number of rotatable bonds is 4. The van der Waals surface area contributed by atoms with E-state index >= 15 is 0 Å². The second kappa shape index (κ2) is 6.51. The average molecular weight is 300 g/mol. The summed E-state index contributed by atoms with van der Waals surface area (Å²) in [7, 11) is 1.82. The summed E-state index contributed by atoms with van der Waals surface area (Å²) in [5, 5.41) is 0. The molecular formula is C18H24N2O2. The van der Waals surface area contributed by atoms with E-state index in [-0.39, 0.29) is 17.7 Å². The maximum atomic E-state index is 12.4. The van der Waals surface area contributed by atoms with Gasteiger partial charge in [0, 0.05) is 39.0 Å². The summed E-state index contributed by atoms with van der Waals surface area (Å²) >= 11 is 0. The first-order valence-corrected chi connectivity index (χ1v) is 8.24. The van der Waals surface area contributed by atoms with Gasteiger partial charge in [0.05, 0.1) is 0 Å². The van der Waals surface area contributed by atoms with Crippen LogP contribution in [0.25, 0.3) is 0 Å². The van der Waals surface area contributed by atoms with Crippen LogP contribution >= 0.6 is 0 Å². The van der Waals surface area contributed by atoms with E-state index in [9.17, 15) is 9.59 Å². The van der Waals surface area contributed by atoms with E-state index in [1.54, 1.807) is 4.90 Å². The van der Waals surface area contributed by atoms with Crippen LogP contribution in [0, 0.1) is 5.92 Å². The third-order valence-corrected chi connectivity index (χ3v) is 4.98. The lowest BCUT2D eigenvalue weighted by Crippen LogP contribution is -2.40. The van der Waals surface area contributed by atoms with Crippen LogP contribution in [0.3, 0.4) is 0 Å². The van der Waals surface area contributed by atoms with Crippen molar-refractivity contribution in [3.05, 3.63) is 35.4 Å². The van der Waals surface area contributed by atoms with Crippen molar-refractivity contribution >= 4 is 11.8 Å². The Morgan fingerprint density at radius 1 is 1.23 bits per heavy atom. The Labute approximate surface area is 132 Å². The smallest absolute Gasteiger partial charge is 0.225 e. The zero-order valence-corrected chi connectivity index (χ0v) is 13.3. The molecule has 3 rings (SSSR count). The molecular weight excluding hydrogens is 276 g/mol. The van der Waals surface area contributed by atoms with Crippen molar-refractivity contribution in [2.24, 2.45) is 5.92 Å². The van der Waals surface area contributed by atoms with Crippen LogP contribution in [0.15, 0.2) is 24.3 Å². The number of benzene rings is 1. The molecule has 0 saturated heterocycles. The van der Waals surface area contributed by atoms with E-state index in [1.807, 2.05) is 18.0 Å². The van der Waals surface area contributed by atoms with Crippen LogP contribution in [-0.4, -0.2) is 41.8 Å². The Morgan fingerprint density at radius 3 is 2.64 bits per heavy atom. The first-order chi connectivity index (χ1) is 10.6. The number of hydrogen-bond donors (Lipinski definition) is 0. The molecule has 1 aliphatic carbocycles. The minimum atomic E-state index is 0.155. The molecule has 0 radical (unpaired) electrons. The van der Waals surface area contributed by atoms with Crippen LogP contribution in [0.2, 0.25) is 0 Å². The van der Waals surface area contributed by atoms with Crippen molar-refractivity contribution in [2.75, 3.05) is 20.1 Å². The molecule has 22 heavy (non-hydrogen) atoms. The first-order valence-electron chi connectivity index (χ1n) is 8.24. The minimum absolute atomic E-state index is 0.155. The summed E-state index contributed by atoms with van der Waals surface area (Å²) in [4.78, 5) is 28.1. The Bertz CT molecular complexity index is 566. The Morgan fingerprint density at radius 2 is 1.95 bits per heavy atom. The van der Waals surface area contributed by atoms with Crippen molar-refractivity contribution in [1.82, 2.24) is 9.80 Å². The highest BCUT2D eigenvalue weighted by molar-refractivity contribution is 5.81. The predicted molar refractivity (Wildman–Crippen MR) is 85.2 cm³/mol. The van der Waals surface area contributed by atoms with E-state index in [4.69, 9.17) is 0 Å². The molecule has 2 amide bonds. The Balaban J connectivity index is 1.49. The van der Waals surface area contributed by atoms with Crippen LogP contribution in [0.5, 0.6) is 0 Å². The van der Waals surface area contributed by atoms with Crippen molar-refractivity contribution in [3.8, 4) is 0 Å². The summed E-state index contributed by atoms with van der Waals surface area (Å²) in [6.45, 7) is 2.03. The van der Waals surface area contributed by atoms with Gasteiger partial charge in [-0.25, -0.2) is 0 Å². The van der Waals surface area contributed by atoms with Gasteiger partial charge in [-0.2, -0.15) is 0 Å². The Hall–Kier alpha value is -1.84. The molecule has 0 spiro atoms. The summed E-state index contributed by atoms with van der Waals surface area (Å²) in [6, 6.07) is 8.32. The fourth-order valence-corrected chi connectivity index (χ4v) is 3.21. The molecule has 1 saturated carbocycles. The normalized spacial score (nSPS) is 17.6. The molecule has 0 aromatic heterocycles. The summed E-state index contributed by atoms with van der Waals surface area (Å²) in [6.07, 6.45) is 4.55. The van der Waals surface area contributed by atoms with E-state index in [0.29, 0.717) is 19.5 Å². The Kier molecular flexibility index (Phi) is 4.46. The van der Waals surface area contributed by atoms with Gasteiger partial charge < -0.3 is 9.80 Å². The molecule has 1 aliphatic heterocycles. The molecule has 0 unspecified atom stereocenters. The molecule has 1 aromatic rings. The fourth-order valence-electron chi connectivity index (χ4n) is 3.21. The maximum Gasteiger partial charge on any atom is 0.225 e. The predicted octanol–water partition coefficient (Wildman–Crippen LogP) is 2.22. The average Bonchev–Trinajstić information content (AvgIpc) is 2.50. The van der Waals surface area contributed by atoms with Gasteiger partial charge in [-0.15, -0.1) is 0 Å². The lowest BCUT2D eigenvalue weighted by atomic mass is 9.84. The number of amides is 2. The highest BCUT2D eigenvalue weighted by atomic mass is 16.2. The van der Waals surface area contributed by atoms with Crippen molar-refractivity contribution in [2.45, 2.75) is 38.6 Å². The van der Waals surface area contributed by atoms with Crippen LogP contribution < -0.4 is 0 Å². The maximum absolute atomic E-state index is 12.4. The summed E-state index contributed by atoms with van der Waals surface area (Å²) in [5.74, 6) is 0.577. The molecule has 1 fully saturated rings. The van der Waals surface area contributed by atoms with Gasteiger partial charge in [-0.3, -0.25) is 9.59 Å². The van der Waals surface area contributed by atoms with E-state index in [1.165, 1.54) is 11.1 Å². The largest absolute Gasteiger partial charge is 0.345 e. The first kappa shape index (κ1) is 15.1. The molecule has 2 aliphatic rings. The van der Waals surface area contributed by atoms with Gasteiger partial charge in [0.2, 0.25) is 11.8 Å². The van der Waals surface area contributed by atoms with Crippen molar-refractivity contribution in [3.63, 3.8) is 0 Å². The molecule has 118 valence electrons. The molecule has 1 heterocycles. The van der Waals surface area contributed by atoms with Gasteiger partial charge in [0.15, 0.2) is 0 Å². The molecule has 0 N–H and O–H groups in total. The van der Waals surface area contributed by atoms with Gasteiger partial charge in [-0.1, -0.05) is 30.7 Å². The van der Waals surface area contributed by atoms with Gasteiger partial charge in [0.1, 0.15) is 0 Å². The highest BCUT2D eigenvalue weighted by Gasteiger charge is 2.28. The lowest BCUT2D eigenvalue weighted by molar-refractivity contribution is -0.138. The fraction of sp³-hybridized carbons (Fsp3) is 0.556. The van der Waals surface area contributed by atoms with Crippen molar-refractivity contribution in [1.29, 1.82) is 0 Å². The number of carbonyl (C=O) groups excluding carboxylic acids is 2.